The number of hydrogen-bond donors (Lipinski definition) is 4. The molecule has 2 fully saturated rings. The van der Waals surface area contributed by atoms with E-state index in [2.05, 4.69) is 10.3 Å². The Morgan fingerprint density at radius 1 is 1.19 bits per heavy atom. The highest BCUT2D eigenvalue weighted by Gasteiger charge is 2.33. The molecule has 2 atom stereocenters. The molecule has 13 nitrogen and oxygen atoms in total. The minimum atomic E-state index is -1.39. The van der Waals surface area contributed by atoms with Gasteiger partial charge in [0.05, 0.1) is 29.9 Å². The summed E-state index contributed by atoms with van der Waals surface area (Å²) in [6.45, 7) is 5.40. The van der Waals surface area contributed by atoms with Crippen LogP contribution >= 0.6 is 0 Å². The Labute approximate surface area is 244 Å². The van der Waals surface area contributed by atoms with Gasteiger partial charge in [0.15, 0.2) is 17.6 Å². The summed E-state index contributed by atoms with van der Waals surface area (Å²) in [6, 6.07) is 5.31. The molecule has 2 saturated heterocycles. The number of anilines is 3. The molecule has 0 aliphatic carbocycles. The molecule has 5 rings (SSSR count). The zero-order valence-corrected chi connectivity index (χ0v) is 23.6. The van der Waals surface area contributed by atoms with Gasteiger partial charge in [-0.3, -0.25) is 15.1 Å². The Kier molecular flexibility index (Phi) is 8.06. The zero-order chi connectivity index (χ0) is 31.0. The molecular weight excluding hydrogens is 566 g/mol. The minimum absolute atomic E-state index is 0.0314. The van der Waals surface area contributed by atoms with Crippen LogP contribution in [0.1, 0.15) is 36.7 Å². The standard InChI is InChI=1S/C28H32F2N8O5/c1-3-15(2)37-14-19(26(40)41)23(39)18-11-21(30)25(34-24(18)37)36-8-6-35(7-9-36)22-5-4-16(10-20(22)29)38-13-17(43-28(38)42)12-33-27(31)32/h4-5,10-11,14-15,17H,3,6-9,12-13H2,1-2H3,(H,40,41)(H4,31,32,33)/t15?,17-/m0/s1. The number of hydrogen-bond acceptors (Lipinski definition) is 8. The van der Waals surface area contributed by atoms with Gasteiger partial charge >= 0.3 is 12.1 Å². The second kappa shape index (κ2) is 11.7. The molecular formula is C28H32F2N8O5. The van der Waals surface area contributed by atoms with Gasteiger partial charge in [-0.1, -0.05) is 6.92 Å². The number of pyridine rings is 2. The van der Waals surface area contributed by atoms with Crippen molar-refractivity contribution in [3.63, 3.8) is 0 Å². The lowest BCUT2D eigenvalue weighted by atomic mass is 10.1. The van der Waals surface area contributed by atoms with Crippen molar-refractivity contribution in [3.05, 3.63) is 57.9 Å². The molecule has 0 bridgehead atoms. The number of carbonyl (C=O) groups excluding carboxylic acids is 1. The van der Waals surface area contributed by atoms with E-state index in [1.165, 1.54) is 17.2 Å². The van der Waals surface area contributed by atoms with E-state index < -0.39 is 40.8 Å². The molecule has 228 valence electrons. The summed E-state index contributed by atoms with van der Waals surface area (Å²) < 4.78 is 37.4. The minimum Gasteiger partial charge on any atom is -0.477 e. The number of cyclic esters (lactones) is 1. The lowest BCUT2D eigenvalue weighted by molar-refractivity contribution is 0.0694. The molecule has 3 aromatic rings. The van der Waals surface area contributed by atoms with Crippen LogP contribution in [0, 0.1) is 17.0 Å². The fourth-order valence-electron chi connectivity index (χ4n) is 5.29. The summed E-state index contributed by atoms with van der Waals surface area (Å²) >= 11 is 0. The number of nitrogens with one attached hydrogen (secondary N) is 2. The highest BCUT2D eigenvalue weighted by Crippen LogP contribution is 2.30. The van der Waals surface area contributed by atoms with Crippen molar-refractivity contribution < 1.29 is 28.2 Å². The summed E-state index contributed by atoms with van der Waals surface area (Å²) in [5.41, 5.74) is 4.89. The number of aromatic nitrogens is 2. The molecule has 4 heterocycles. The Morgan fingerprint density at radius 2 is 1.88 bits per heavy atom. The first-order chi connectivity index (χ1) is 20.5. The Balaban J connectivity index is 1.33. The third-order valence-corrected chi connectivity index (χ3v) is 7.79. The van der Waals surface area contributed by atoms with Crippen molar-refractivity contribution >= 4 is 46.2 Å². The average molecular weight is 599 g/mol. The zero-order valence-electron chi connectivity index (χ0n) is 23.6. The van der Waals surface area contributed by atoms with Gasteiger partial charge in [0.1, 0.15) is 23.1 Å². The number of ether oxygens (including phenoxy) is 1. The van der Waals surface area contributed by atoms with Crippen LogP contribution in [-0.2, 0) is 4.74 Å². The Hall–Kier alpha value is -4.95. The number of nitrogens with two attached hydrogens (primary N) is 1. The van der Waals surface area contributed by atoms with E-state index in [1.807, 2.05) is 18.7 Å². The number of aromatic carboxylic acids is 1. The number of piperazine rings is 1. The van der Waals surface area contributed by atoms with E-state index in [-0.39, 0.29) is 41.9 Å². The molecule has 15 heteroatoms. The first kappa shape index (κ1) is 29.5. The number of nitrogens with zero attached hydrogens (tertiary/aromatic N) is 5. The van der Waals surface area contributed by atoms with E-state index in [4.69, 9.17) is 15.9 Å². The van der Waals surface area contributed by atoms with Crippen LogP contribution in [0.2, 0.25) is 0 Å². The highest BCUT2D eigenvalue weighted by atomic mass is 19.1. The van der Waals surface area contributed by atoms with Crippen molar-refractivity contribution in [2.75, 3.05) is 54.0 Å². The lowest BCUT2D eigenvalue weighted by Crippen LogP contribution is -2.47. The Morgan fingerprint density at radius 3 is 2.51 bits per heavy atom. The SMILES string of the molecule is CCC(C)n1cc(C(=O)O)c(=O)c2cc(F)c(N3CCN(c4ccc(N5C[C@H](CNC(=N)N)OC5=O)cc4F)CC3)nc21. The summed E-state index contributed by atoms with van der Waals surface area (Å²) in [4.78, 5) is 46.1. The molecule has 5 N–H and O–H groups in total. The van der Waals surface area contributed by atoms with E-state index >= 15 is 8.78 Å². The molecule has 1 amide bonds. The van der Waals surface area contributed by atoms with Gasteiger partial charge < -0.3 is 35.3 Å². The van der Waals surface area contributed by atoms with E-state index in [1.54, 1.807) is 21.6 Å². The van der Waals surface area contributed by atoms with Crippen LogP contribution in [0.5, 0.6) is 0 Å². The maximum absolute atomic E-state index is 15.3. The van der Waals surface area contributed by atoms with Gasteiger partial charge in [0.2, 0.25) is 5.43 Å². The number of amides is 1. The van der Waals surface area contributed by atoms with Gasteiger partial charge in [0, 0.05) is 38.4 Å². The predicted molar refractivity (Wildman–Crippen MR) is 156 cm³/mol. The van der Waals surface area contributed by atoms with E-state index in [0.29, 0.717) is 44.0 Å². The number of guanidine groups is 1. The second-order valence-corrected chi connectivity index (χ2v) is 10.5. The summed E-state index contributed by atoms with van der Waals surface area (Å²) in [6.07, 6.45) is 0.713. The van der Waals surface area contributed by atoms with Gasteiger partial charge in [-0.15, -0.1) is 0 Å². The van der Waals surface area contributed by atoms with E-state index in [9.17, 15) is 19.5 Å². The van der Waals surface area contributed by atoms with Crippen molar-refractivity contribution in [1.29, 1.82) is 5.41 Å². The number of benzene rings is 1. The topological polar surface area (TPSA) is 170 Å². The summed E-state index contributed by atoms with van der Waals surface area (Å²) in [7, 11) is 0. The smallest absolute Gasteiger partial charge is 0.414 e. The van der Waals surface area contributed by atoms with Gasteiger partial charge in [-0.25, -0.2) is 23.4 Å². The maximum Gasteiger partial charge on any atom is 0.414 e. The number of carboxylic acids is 1. The first-order valence-corrected chi connectivity index (χ1v) is 13.8. The number of carboxylic acid groups (broad SMARTS) is 1. The van der Waals surface area contributed by atoms with Crippen LogP contribution in [0.3, 0.4) is 0 Å². The quantitative estimate of drug-likeness (QED) is 0.223. The average Bonchev–Trinajstić information content (AvgIpc) is 3.36. The van der Waals surface area contributed by atoms with Crippen LogP contribution in [0.15, 0.2) is 35.3 Å². The molecule has 0 spiro atoms. The second-order valence-electron chi connectivity index (χ2n) is 10.5. The van der Waals surface area contributed by atoms with Gasteiger partial charge in [-0.2, -0.15) is 0 Å². The number of rotatable bonds is 8. The molecule has 0 radical (unpaired) electrons. The molecule has 2 aromatic heterocycles. The molecule has 1 aromatic carbocycles. The Bertz CT molecular complexity index is 1660. The van der Waals surface area contributed by atoms with Crippen LogP contribution in [-0.4, -0.2) is 78.1 Å². The van der Waals surface area contributed by atoms with E-state index in [0.717, 1.165) is 6.07 Å². The highest BCUT2D eigenvalue weighted by molar-refractivity contribution is 5.92. The van der Waals surface area contributed by atoms with Crippen LogP contribution in [0.25, 0.3) is 11.0 Å². The van der Waals surface area contributed by atoms with Crippen molar-refractivity contribution in [2.45, 2.75) is 32.4 Å². The number of fused-ring (bicyclic) bond motifs is 1. The predicted octanol–water partition coefficient (Wildman–Crippen LogP) is 2.48. The summed E-state index contributed by atoms with van der Waals surface area (Å²) in [5, 5.41) is 19.2. The first-order valence-electron chi connectivity index (χ1n) is 13.8. The van der Waals surface area contributed by atoms with Crippen molar-refractivity contribution in [3.8, 4) is 0 Å². The molecule has 2 aliphatic rings. The fourth-order valence-corrected chi connectivity index (χ4v) is 5.29. The maximum atomic E-state index is 15.3. The number of carbonyl (C=O) groups is 2. The molecule has 2 aliphatic heterocycles. The van der Waals surface area contributed by atoms with Crippen LogP contribution < -0.4 is 31.2 Å². The van der Waals surface area contributed by atoms with Crippen molar-refractivity contribution in [1.82, 2.24) is 14.9 Å². The molecule has 0 saturated carbocycles. The third-order valence-electron chi connectivity index (χ3n) is 7.79. The largest absolute Gasteiger partial charge is 0.477 e. The summed E-state index contributed by atoms with van der Waals surface area (Å²) in [5.74, 6) is -2.89. The third kappa shape index (κ3) is 5.74. The monoisotopic (exact) mass is 598 g/mol. The molecule has 1 unspecified atom stereocenters. The molecule has 43 heavy (non-hydrogen) atoms. The van der Waals surface area contributed by atoms with Gasteiger partial charge in [0.25, 0.3) is 0 Å². The lowest BCUT2D eigenvalue weighted by Gasteiger charge is -2.37. The van der Waals surface area contributed by atoms with Crippen molar-refractivity contribution in [2.24, 2.45) is 5.73 Å². The van der Waals surface area contributed by atoms with Crippen LogP contribution in [0.4, 0.5) is 30.8 Å². The normalized spacial score (nSPS) is 17.7. The van der Waals surface area contributed by atoms with Gasteiger partial charge in [-0.05, 0) is 37.6 Å². The fraction of sp³-hybridized carbons (Fsp3) is 0.393. The number of halogens is 2.